The van der Waals surface area contributed by atoms with Crippen molar-refractivity contribution < 1.29 is 73.0 Å². The van der Waals surface area contributed by atoms with Crippen LogP contribution in [0, 0.1) is 34.5 Å². The lowest BCUT2D eigenvalue weighted by Gasteiger charge is -2.65. The first-order valence-electron chi connectivity index (χ1n) is 21.8. The zero-order valence-electron chi connectivity index (χ0n) is 34.8. The van der Waals surface area contributed by atoms with E-state index in [1.165, 1.54) is 6.92 Å². The maximum Gasteiger partial charge on any atom is 0.331 e. The van der Waals surface area contributed by atoms with E-state index in [0.717, 1.165) is 44.1 Å². The normalized spacial score (nSPS) is 53.2. The fourth-order valence-corrected chi connectivity index (χ4v) is 13.1. The van der Waals surface area contributed by atoms with Crippen LogP contribution in [0.3, 0.4) is 0 Å². The van der Waals surface area contributed by atoms with Crippen molar-refractivity contribution >= 4 is 11.9 Å². The Labute approximate surface area is 341 Å². The Morgan fingerprint density at radius 1 is 0.759 bits per heavy atom. The van der Waals surface area contributed by atoms with Crippen molar-refractivity contribution in [3.05, 3.63) is 11.6 Å². The van der Waals surface area contributed by atoms with Crippen LogP contribution in [0.1, 0.15) is 112 Å². The van der Waals surface area contributed by atoms with Gasteiger partial charge in [-0.2, -0.15) is 0 Å². The van der Waals surface area contributed by atoms with E-state index in [1.807, 2.05) is 13.8 Å². The number of esters is 2. The molecule has 5 N–H and O–H groups in total. The Balaban J connectivity index is 0.829. The Kier molecular flexibility index (Phi) is 12.0. The third-order valence-electron chi connectivity index (χ3n) is 16.2. The summed E-state index contributed by atoms with van der Waals surface area (Å²) in [5.74, 6) is -0.345. The van der Waals surface area contributed by atoms with Gasteiger partial charge in [0, 0.05) is 37.7 Å². The molecule has 328 valence electrons. The van der Waals surface area contributed by atoms with E-state index in [1.54, 1.807) is 19.9 Å². The van der Waals surface area contributed by atoms with Crippen molar-refractivity contribution in [2.24, 2.45) is 34.5 Å². The summed E-state index contributed by atoms with van der Waals surface area (Å²) in [4.78, 5) is 23.5. The number of fused-ring (bicyclic) bond motifs is 5. The topological polar surface area (TPSA) is 209 Å². The number of aliphatic hydroxyl groups excluding tert-OH is 4. The first-order chi connectivity index (χ1) is 27.4. The molecule has 4 aliphatic carbocycles. The molecule has 8 aliphatic rings. The van der Waals surface area contributed by atoms with Crippen molar-refractivity contribution in [3.63, 3.8) is 0 Å². The van der Waals surface area contributed by atoms with Crippen LogP contribution in [0.5, 0.6) is 0 Å². The minimum atomic E-state index is -1.02. The van der Waals surface area contributed by atoms with E-state index in [2.05, 4.69) is 6.92 Å². The van der Waals surface area contributed by atoms with Gasteiger partial charge in [0.1, 0.15) is 31.0 Å². The molecule has 0 aromatic rings. The average Bonchev–Trinajstić information content (AvgIpc) is 3.70. The zero-order valence-corrected chi connectivity index (χ0v) is 34.8. The fraction of sp³-hybridized carbons (Fsp3) is 0.907. The van der Waals surface area contributed by atoms with Crippen LogP contribution >= 0.6 is 0 Å². The number of carbonyl (C=O) groups is 2. The highest BCUT2D eigenvalue weighted by atomic mass is 16.7. The molecule has 0 aromatic carbocycles. The minimum Gasteiger partial charge on any atom is -0.459 e. The van der Waals surface area contributed by atoms with Gasteiger partial charge in [-0.05, 0) is 107 Å². The van der Waals surface area contributed by atoms with E-state index in [-0.39, 0.29) is 61.1 Å². The number of rotatable bonds is 8. The van der Waals surface area contributed by atoms with Gasteiger partial charge in [-0.1, -0.05) is 13.8 Å². The van der Waals surface area contributed by atoms with Crippen molar-refractivity contribution in [2.75, 3.05) is 6.61 Å². The second kappa shape index (κ2) is 16.2. The highest BCUT2D eigenvalue weighted by Gasteiger charge is 2.71. The van der Waals surface area contributed by atoms with Crippen molar-refractivity contribution in [3.8, 4) is 0 Å². The van der Waals surface area contributed by atoms with E-state index >= 15 is 0 Å². The number of cyclic esters (lactones) is 1. The van der Waals surface area contributed by atoms with Gasteiger partial charge >= 0.3 is 11.9 Å². The molecule has 0 spiro atoms. The lowest BCUT2D eigenvalue weighted by atomic mass is 9.42. The van der Waals surface area contributed by atoms with Crippen LogP contribution in [0.2, 0.25) is 0 Å². The first-order valence-corrected chi connectivity index (χ1v) is 21.8. The summed E-state index contributed by atoms with van der Waals surface area (Å²) in [5, 5.41) is 57.3. The van der Waals surface area contributed by atoms with Gasteiger partial charge in [0.15, 0.2) is 18.9 Å². The SMILES string of the molecule is CC(=O)O[C@H]1C[C@@H](O[C@@H]2[C@H](O)C[C@@H](O[C@@H]3[C@H](O)C[C@@H](O[C@H]4CC[C@@]5(C)[C@@H](CC[C@H]6[C@H]5C[C@@H](O)[C@]5(C)[C@H](C7=CC(=O)OC7)CC[C@]65O)C4)O[C@@H]3C)O[C@@H]2C)O[C@@H](C)[C@H]1O. The molecule has 4 heterocycles. The van der Waals surface area contributed by atoms with Crippen molar-refractivity contribution in [1.82, 2.24) is 0 Å². The molecule has 4 aliphatic heterocycles. The van der Waals surface area contributed by atoms with Gasteiger partial charge in [0.2, 0.25) is 0 Å². The maximum absolute atomic E-state index is 12.6. The van der Waals surface area contributed by atoms with Gasteiger partial charge in [-0.25, -0.2) is 4.79 Å². The maximum atomic E-state index is 12.6. The van der Waals surface area contributed by atoms with Crippen molar-refractivity contribution in [2.45, 2.75) is 204 Å². The number of hydrogen-bond donors (Lipinski definition) is 5. The van der Waals surface area contributed by atoms with Crippen LogP contribution in [0.15, 0.2) is 11.6 Å². The van der Waals surface area contributed by atoms with Gasteiger partial charge < -0.3 is 63.4 Å². The Bertz CT molecular complexity index is 1530. The second-order valence-corrected chi connectivity index (χ2v) is 19.4. The summed E-state index contributed by atoms with van der Waals surface area (Å²) >= 11 is 0. The number of hydrogen-bond acceptors (Lipinski definition) is 15. The highest BCUT2D eigenvalue weighted by Crippen LogP contribution is 2.70. The average molecular weight is 823 g/mol. The number of carbonyl (C=O) groups excluding carboxylic acids is 2. The molecule has 4 saturated carbocycles. The fourth-order valence-electron chi connectivity index (χ4n) is 13.1. The van der Waals surface area contributed by atoms with Crippen molar-refractivity contribution in [1.29, 1.82) is 0 Å². The molecular weight excluding hydrogens is 756 g/mol. The van der Waals surface area contributed by atoms with Gasteiger partial charge in [0.25, 0.3) is 0 Å². The molecule has 0 unspecified atom stereocenters. The highest BCUT2D eigenvalue weighted by molar-refractivity contribution is 5.85. The zero-order chi connectivity index (χ0) is 41.5. The quantitative estimate of drug-likeness (QED) is 0.176. The van der Waals surface area contributed by atoms with Crippen LogP contribution in [0.4, 0.5) is 0 Å². The Morgan fingerprint density at radius 2 is 1.38 bits per heavy atom. The number of aliphatic hydroxyl groups is 5. The molecule has 15 heteroatoms. The molecule has 0 bridgehead atoms. The third kappa shape index (κ3) is 7.49. The smallest absolute Gasteiger partial charge is 0.331 e. The molecule has 21 atom stereocenters. The largest absolute Gasteiger partial charge is 0.459 e. The summed E-state index contributed by atoms with van der Waals surface area (Å²) in [7, 11) is 0. The predicted molar refractivity (Wildman–Crippen MR) is 202 cm³/mol. The third-order valence-corrected chi connectivity index (χ3v) is 16.2. The predicted octanol–water partition coefficient (Wildman–Crippen LogP) is 2.79. The molecule has 0 aromatic heterocycles. The first kappa shape index (κ1) is 42.9. The lowest BCUT2D eigenvalue weighted by Crippen LogP contribution is -2.67. The molecule has 0 amide bonds. The van der Waals surface area contributed by atoms with Crippen LogP contribution in [-0.2, 0) is 47.5 Å². The molecule has 0 radical (unpaired) electrons. The Hall–Kier alpha value is -1.76. The standard InChI is InChI=1S/C43H66O15/c1-20-38(49)32(55-23(4)44)18-37(52-20)58-40-22(3)54-36(17-31(40)46)57-39-21(2)53-35(16-30(39)45)56-26-9-11-41(5)25(14-26)7-8-28-29(41)15-33(47)42(6)27(10-12-43(28,42)50)24-13-34(48)51-19-24/h13,20-22,25-33,35-40,45-47,49-50H,7-12,14-19H2,1-6H3/t20-,21+,22+,25-,26-,27-,28-,29+,30+,31+,32-,33+,35+,36+,37+,38+,39-,40-,41-,42-,43-/m0/s1. The van der Waals surface area contributed by atoms with Crippen LogP contribution < -0.4 is 0 Å². The van der Waals surface area contributed by atoms with Gasteiger partial charge in [0.05, 0.1) is 48.3 Å². The Morgan fingerprint density at radius 3 is 1.98 bits per heavy atom. The summed E-state index contributed by atoms with van der Waals surface area (Å²) in [5.41, 5.74) is -0.918. The molecule has 15 nitrogen and oxygen atoms in total. The molecule has 7 fully saturated rings. The second-order valence-electron chi connectivity index (χ2n) is 19.4. The van der Waals surface area contributed by atoms with Crippen LogP contribution in [0.25, 0.3) is 0 Å². The lowest BCUT2D eigenvalue weighted by molar-refractivity contribution is -0.336. The summed E-state index contributed by atoms with van der Waals surface area (Å²) < 4.78 is 47.7. The van der Waals surface area contributed by atoms with Gasteiger partial charge in [-0.3, -0.25) is 4.79 Å². The van der Waals surface area contributed by atoms with E-state index in [9.17, 15) is 35.1 Å². The van der Waals surface area contributed by atoms with Gasteiger partial charge in [-0.15, -0.1) is 0 Å². The molecular formula is C43H66O15. The monoisotopic (exact) mass is 822 g/mol. The minimum absolute atomic E-state index is 0.0561. The summed E-state index contributed by atoms with van der Waals surface area (Å²) in [6.45, 7) is 11.2. The molecule has 8 rings (SSSR count). The molecule has 3 saturated heterocycles. The molecule has 58 heavy (non-hydrogen) atoms. The number of ether oxygens (including phenoxy) is 8. The van der Waals surface area contributed by atoms with E-state index < -0.39 is 96.9 Å². The summed E-state index contributed by atoms with van der Waals surface area (Å²) in [6, 6.07) is 0. The van der Waals surface area contributed by atoms with E-state index in [0.29, 0.717) is 18.8 Å². The van der Waals surface area contributed by atoms with E-state index in [4.69, 9.17) is 37.9 Å². The van der Waals surface area contributed by atoms with Crippen LogP contribution in [-0.4, -0.2) is 136 Å². The summed E-state index contributed by atoms with van der Waals surface area (Å²) in [6.07, 6.45) is -1.66.